The molecule has 3 rings (SSSR count). The molecule has 1 aliphatic rings. The molecular weight excluding hydrogens is 360 g/mol. The van der Waals surface area contributed by atoms with Crippen LogP contribution in [0.1, 0.15) is 24.1 Å². The Morgan fingerprint density at radius 1 is 1.19 bits per heavy atom. The van der Waals surface area contributed by atoms with Crippen LogP contribution in [0.15, 0.2) is 53.4 Å². The number of aryl methyl sites for hydroxylation is 1. The lowest BCUT2D eigenvalue weighted by molar-refractivity contribution is 0.134. The Labute approximate surface area is 162 Å². The van der Waals surface area contributed by atoms with Crippen LogP contribution < -0.4 is 10.1 Å². The molecule has 0 aromatic heterocycles. The molecule has 0 amide bonds. The minimum Gasteiger partial charge on any atom is -0.492 e. The molecule has 1 saturated heterocycles. The number of hydrogen-bond donors (Lipinski definition) is 1. The summed E-state index contributed by atoms with van der Waals surface area (Å²) >= 11 is 0. The summed E-state index contributed by atoms with van der Waals surface area (Å²) in [6, 6.07) is 15.9. The standard InChI is InChI=1S/C21H28N2O3S/c1-3-17-7-9-18(10-8-17)21-16-22-11-12-23(21)13-14-26-19-5-4-6-20(15-19)27(2,24)25/h4-10,15,21-22H,3,11-14,16H2,1-2H3. The van der Waals surface area contributed by atoms with Gasteiger partial charge >= 0.3 is 0 Å². The monoisotopic (exact) mass is 388 g/mol. The maximum Gasteiger partial charge on any atom is 0.175 e. The van der Waals surface area contributed by atoms with Crippen molar-refractivity contribution in [1.29, 1.82) is 0 Å². The van der Waals surface area contributed by atoms with Gasteiger partial charge in [-0.3, -0.25) is 4.90 Å². The number of ether oxygens (including phenoxy) is 1. The number of rotatable bonds is 7. The van der Waals surface area contributed by atoms with Crippen molar-refractivity contribution in [2.45, 2.75) is 24.3 Å². The lowest BCUT2D eigenvalue weighted by Gasteiger charge is -2.36. The van der Waals surface area contributed by atoms with Crippen LogP contribution in [-0.2, 0) is 16.3 Å². The van der Waals surface area contributed by atoms with Crippen LogP contribution in [0.3, 0.4) is 0 Å². The number of hydrogen-bond acceptors (Lipinski definition) is 5. The van der Waals surface area contributed by atoms with Gasteiger partial charge in [0.25, 0.3) is 0 Å². The van der Waals surface area contributed by atoms with E-state index in [0.717, 1.165) is 32.6 Å². The second-order valence-corrected chi connectivity index (χ2v) is 8.96. The molecule has 1 fully saturated rings. The van der Waals surface area contributed by atoms with E-state index in [0.29, 0.717) is 18.4 Å². The third-order valence-electron chi connectivity index (χ3n) is 5.01. The minimum absolute atomic E-state index is 0.288. The Bertz CT molecular complexity index is 850. The van der Waals surface area contributed by atoms with Gasteiger partial charge in [-0.25, -0.2) is 8.42 Å². The maximum atomic E-state index is 11.7. The molecular formula is C21H28N2O3S. The van der Waals surface area contributed by atoms with E-state index in [9.17, 15) is 8.42 Å². The summed E-state index contributed by atoms with van der Waals surface area (Å²) in [6.07, 6.45) is 2.26. The highest BCUT2D eigenvalue weighted by Crippen LogP contribution is 2.23. The summed E-state index contributed by atoms with van der Waals surface area (Å²) in [5, 5.41) is 3.47. The van der Waals surface area contributed by atoms with Crippen molar-refractivity contribution in [2.75, 3.05) is 39.0 Å². The Morgan fingerprint density at radius 3 is 2.67 bits per heavy atom. The van der Waals surface area contributed by atoms with Gasteiger partial charge in [-0.1, -0.05) is 37.3 Å². The normalized spacial score (nSPS) is 18.4. The molecule has 0 aliphatic carbocycles. The average molecular weight is 389 g/mol. The molecule has 5 nitrogen and oxygen atoms in total. The van der Waals surface area contributed by atoms with E-state index in [1.165, 1.54) is 17.4 Å². The number of sulfone groups is 1. The predicted octanol–water partition coefficient (Wildman–Crippen LogP) is 2.68. The van der Waals surface area contributed by atoms with Gasteiger partial charge in [0.15, 0.2) is 9.84 Å². The highest BCUT2D eigenvalue weighted by Gasteiger charge is 2.23. The summed E-state index contributed by atoms with van der Waals surface area (Å²) in [7, 11) is -3.22. The summed E-state index contributed by atoms with van der Waals surface area (Å²) in [6.45, 7) is 6.34. The summed E-state index contributed by atoms with van der Waals surface area (Å²) < 4.78 is 29.2. The van der Waals surface area contributed by atoms with Crippen molar-refractivity contribution in [2.24, 2.45) is 0 Å². The topological polar surface area (TPSA) is 58.6 Å². The van der Waals surface area contributed by atoms with Crippen LogP contribution in [0.2, 0.25) is 0 Å². The van der Waals surface area contributed by atoms with Crippen molar-refractivity contribution < 1.29 is 13.2 Å². The fourth-order valence-electron chi connectivity index (χ4n) is 3.39. The second-order valence-electron chi connectivity index (χ2n) is 6.95. The van der Waals surface area contributed by atoms with Gasteiger partial charge < -0.3 is 10.1 Å². The van der Waals surface area contributed by atoms with Crippen molar-refractivity contribution in [3.63, 3.8) is 0 Å². The average Bonchev–Trinajstić information content (AvgIpc) is 2.68. The number of nitrogens with one attached hydrogen (secondary N) is 1. The molecule has 1 unspecified atom stereocenters. The number of nitrogens with zero attached hydrogens (tertiary/aromatic N) is 1. The lowest BCUT2D eigenvalue weighted by Crippen LogP contribution is -2.47. The molecule has 0 radical (unpaired) electrons. The number of benzene rings is 2. The fraction of sp³-hybridized carbons (Fsp3) is 0.429. The van der Waals surface area contributed by atoms with E-state index < -0.39 is 9.84 Å². The highest BCUT2D eigenvalue weighted by atomic mass is 32.2. The van der Waals surface area contributed by atoms with Crippen molar-refractivity contribution in [1.82, 2.24) is 10.2 Å². The Kier molecular flexibility index (Phi) is 6.52. The maximum absolute atomic E-state index is 11.7. The summed E-state index contributed by atoms with van der Waals surface area (Å²) in [5.74, 6) is 0.594. The molecule has 6 heteroatoms. The highest BCUT2D eigenvalue weighted by molar-refractivity contribution is 7.90. The number of piperazine rings is 1. The van der Waals surface area contributed by atoms with Crippen LogP contribution in [0.25, 0.3) is 0 Å². The van der Waals surface area contributed by atoms with Crippen LogP contribution in [0, 0.1) is 0 Å². The molecule has 0 saturated carbocycles. The first-order valence-electron chi connectivity index (χ1n) is 9.44. The van der Waals surface area contributed by atoms with Crippen LogP contribution >= 0.6 is 0 Å². The minimum atomic E-state index is -3.22. The molecule has 0 spiro atoms. The van der Waals surface area contributed by atoms with Crippen molar-refractivity contribution >= 4 is 9.84 Å². The fourth-order valence-corrected chi connectivity index (χ4v) is 4.05. The first-order chi connectivity index (χ1) is 13.0. The molecule has 1 heterocycles. The van der Waals surface area contributed by atoms with E-state index >= 15 is 0 Å². The van der Waals surface area contributed by atoms with Gasteiger partial charge in [0.05, 0.1) is 4.90 Å². The first kappa shape index (κ1) is 19.9. The predicted molar refractivity (Wildman–Crippen MR) is 108 cm³/mol. The lowest BCUT2D eigenvalue weighted by atomic mass is 10.0. The molecule has 1 atom stereocenters. The molecule has 2 aromatic rings. The molecule has 2 aromatic carbocycles. The van der Waals surface area contributed by atoms with Crippen LogP contribution in [0.4, 0.5) is 0 Å². The van der Waals surface area contributed by atoms with Gasteiger partial charge in [-0.2, -0.15) is 0 Å². The molecule has 1 aliphatic heterocycles. The van der Waals surface area contributed by atoms with E-state index in [1.54, 1.807) is 24.3 Å². The van der Waals surface area contributed by atoms with E-state index in [2.05, 4.69) is 41.4 Å². The van der Waals surface area contributed by atoms with E-state index in [4.69, 9.17) is 4.74 Å². The van der Waals surface area contributed by atoms with Gasteiger partial charge in [0.1, 0.15) is 12.4 Å². The van der Waals surface area contributed by atoms with Gasteiger partial charge in [0, 0.05) is 38.5 Å². The van der Waals surface area contributed by atoms with Gasteiger partial charge in [-0.05, 0) is 35.7 Å². The summed E-state index contributed by atoms with van der Waals surface area (Å²) in [4.78, 5) is 2.72. The Hall–Kier alpha value is -1.89. The largest absolute Gasteiger partial charge is 0.492 e. The molecule has 0 bridgehead atoms. The SMILES string of the molecule is CCc1ccc(C2CNCCN2CCOc2cccc(S(C)(=O)=O)c2)cc1. The second kappa shape index (κ2) is 8.87. The molecule has 27 heavy (non-hydrogen) atoms. The van der Waals surface area contributed by atoms with Crippen LogP contribution in [-0.4, -0.2) is 52.4 Å². The quantitative estimate of drug-likeness (QED) is 0.790. The zero-order valence-electron chi connectivity index (χ0n) is 16.0. The molecule has 146 valence electrons. The van der Waals surface area contributed by atoms with E-state index in [-0.39, 0.29) is 4.90 Å². The summed E-state index contributed by atoms with van der Waals surface area (Å²) in [5.41, 5.74) is 2.67. The van der Waals surface area contributed by atoms with E-state index in [1.807, 2.05) is 0 Å². The van der Waals surface area contributed by atoms with Crippen LogP contribution in [0.5, 0.6) is 5.75 Å². The smallest absolute Gasteiger partial charge is 0.175 e. The zero-order chi connectivity index (χ0) is 19.3. The van der Waals surface area contributed by atoms with Gasteiger partial charge in [0.2, 0.25) is 0 Å². The third-order valence-corrected chi connectivity index (χ3v) is 6.12. The third kappa shape index (κ3) is 5.31. The van der Waals surface area contributed by atoms with Crippen molar-refractivity contribution in [3.05, 3.63) is 59.7 Å². The molecule has 1 N–H and O–H groups in total. The van der Waals surface area contributed by atoms with Gasteiger partial charge in [-0.15, -0.1) is 0 Å². The Morgan fingerprint density at radius 2 is 1.96 bits per heavy atom. The first-order valence-corrected chi connectivity index (χ1v) is 11.3. The zero-order valence-corrected chi connectivity index (χ0v) is 16.8. The van der Waals surface area contributed by atoms with Crippen molar-refractivity contribution in [3.8, 4) is 5.75 Å². The Balaban J connectivity index is 1.61.